The van der Waals surface area contributed by atoms with Gasteiger partial charge in [0.2, 0.25) is 0 Å². The number of ether oxygens (including phenoxy) is 1. The first-order valence-corrected chi connectivity index (χ1v) is 9.49. The molecule has 0 spiro atoms. The third-order valence-corrected chi connectivity index (χ3v) is 5.25. The summed E-state index contributed by atoms with van der Waals surface area (Å²) in [6.45, 7) is 4.09. The first-order chi connectivity index (χ1) is 11.8. The number of rotatable bonds is 6. The van der Waals surface area contributed by atoms with Gasteiger partial charge in [-0.2, -0.15) is 0 Å². The van der Waals surface area contributed by atoms with E-state index in [9.17, 15) is 0 Å². The molecule has 2 aromatic carbocycles. The summed E-state index contributed by atoms with van der Waals surface area (Å²) in [7, 11) is 0. The highest BCUT2D eigenvalue weighted by Crippen LogP contribution is 2.36. The van der Waals surface area contributed by atoms with Crippen LogP contribution < -0.4 is 0 Å². The predicted octanol–water partition coefficient (Wildman–Crippen LogP) is 6.55. The summed E-state index contributed by atoms with van der Waals surface area (Å²) in [6, 6.07) is 21.1. The van der Waals surface area contributed by atoms with E-state index in [4.69, 9.17) is 4.74 Å². The lowest BCUT2D eigenvalue weighted by molar-refractivity contribution is 0.0710. The van der Waals surface area contributed by atoms with Gasteiger partial charge in [-0.15, -0.1) is 0 Å². The van der Waals surface area contributed by atoms with Crippen molar-refractivity contribution in [3.8, 4) is 0 Å². The lowest BCUT2D eigenvalue weighted by atomic mass is 9.81. The Labute approximate surface area is 149 Å². The first-order valence-electron chi connectivity index (χ1n) is 8.62. The zero-order valence-electron chi connectivity index (χ0n) is 13.9. The minimum absolute atomic E-state index is 0.236. The molecule has 1 fully saturated rings. The maximum atomic E-state index is 6.20. The highest BCUT2D eigenvalue weighted by Gasteiger charge is 2.27. The van der Waals surface area contributed by atoms with Gasteiger partial charge in [-0.05, 0) is 48.4 Å². The molecule has 0 bridgehead atoms. The number of hydrogen-bond acceptors (Lipinski definition) is 2. The summed E-state index contributed by atoms with van der Waals surface area (Å²) in [5.41, 5.74) is 1.39. The van der Waals surface area contributed by atoms with Crippen LogP contribution in [0.15, 0.2) is 89.4 Å². The average molecular weight is 336 g/mol. The van der Waals surface area contributed by atoms with Gasteiger partial charge in [0.05, 0.1) is 0 Å². The van der Waals surface area contributed by atoms with Crippen molar-refractivity contribution in [3.63, 3.8) is 0 Å². The molecule has 124 valence electrons. The van der Waals surface area contributed by atoms with E-state index in [0.717, 1.165) is 12.2 Å². The third kappa shape index (κ3) is 4.78. The summed E-state index contributed by atoms with van der Waals surface area (Å²) >= 11 is 1.69. The van der Waals surface area contributed by atoms with Crippen molar-refractivity contribution in [2.45, 2.75) is 42.6 Å². The summed E-state index contributed by atoms with van der Waals surface area (Å²) in [6.07, 6.45) is 7.05. The van der Waals surface area contributed by atoms with Crippen molar-refractivity contribution in [1.82, 2.24) is 0 Å². The zero-order valence-corrected chi connectivity index (χ0v) is 14.8. The Kier molecular flexibility index (Phi) is 6.20. The molecule has 2 aromatic rings. The average Bonchev–Trinajstić information content (AvgIpc) is 2.64. The van der Waals surface area contributed by atoms with Crippen molar-refractivity contribution in [2.75, 3.05) is 0 Å². The van der Waals surface area contributed by atoms with Crippen LogP contribution in [0.25, 0.3) is 0 Å². The van der Waals surface area contributed by atoms with E-state index in [0.29, 0.717) is 5.92 Å². The van der Waals surface area contributed by atoms with Gasteiger partial charge in [-0.25, -0.2) is 0 Å². The Morgan fingerprint density at radius 2 is 1.62 bits per heavy atom. The fourth-order valence-electron chi connectivity index (χ4n) is 3.24. The predicted molar refractivity (Wildman–Crippen MR) is 103 cm³/mol. The maximum absolute atomic E-state index is 6.20. The second kappa shape index (κ2) is 8.79. The van der Waals surface area contributed by atoms with Crippen LogP contribution in [0.4, 0.5) is 0 Å². The monoisotopic (exact) mass is 336 g/mol. The smallest absolute Gasteiger partial charge is 0.113 e. The van der Waals surface area contributed by atoms with Crippen molar-refractivity contribution >= 4 is 11.8 Å². The molecular weight excluding hydrogens is 312 g/mol. The number of hydrogen-bond donors (Lipinski definition) is 0. The normalized spacial score (nSPS) is 20.8. The summed E-state index contributed by atoms with van der Waals surface area (Å²) in [5.74, 6) is 1.23. The van der Waals surface area contributed by atoms with E-state index in [1.807, 2.05) is 24.3 Å². The molecule has 0 aromatic heterocycles. The number of allylic oxidation sites excluding steroid dienone is 1. The van der Waals surface area contributed by atoms with E-state index in [1.165, 1.54) is 29.7 Å². The minimum atomic E-state index is 0.236. The lowest BCUT2D eigenvalue weighted by Gasteiger charge is -2.32. The summed E-state index contributed by atoms with van der Waals surface area (Å²) in [4.78, 5) is 1.22. The zero-order chi connectivity index (χ0) is 16.6. The molecule has 2 atom stereocenters. The van der Waals surface area contributed by atoms with Gasteiger partial charge in [-0.1, -0.05) is 73.3 Å². The van der Waals surface area contributed by atoms with Crippen molar-refractivity contribution in [1.29, 1.82) is 0 Å². The van der Waals surface area contributed by atoms with Gasteiger partial charge in [0, 0.05) is 10.8 Å². The van der Waals surface area contributed by atoms with Gasteiger partial charge in [0.1, 0.15) is 11.9 Å². The van der Waals surface area contributed by atoms with Crippen LogP contribution in [0.2, 0.25) is 0 Å². The third-order valence-electron chi connectivity index (χ3n) is 4.43. The molecule has 2 heteroatoms. The van der Waals surface area contributed by atoms with Crippen molar-refractivity contribution < 1.29 is 4.74 Å². The molecule has 0 radical (unpaired) electrons. The maximum Gasteiger partial charge on any atom is 0.113 e. The number of benzene rings is 2. The highest BCUT2D eigenvalue weighted by molar-refractivity contribution is 8.02. The summed E-state index contributed by atoms with van der Waals surface area (Å²) < 4.78 is 6.20. The number of thioether (sulfide) groups is 1. The molecule has 0 saturated heterocycles. The summed E-state index contributed by atoms with van der Waals surface area (Å²) in [5, 5.41) is 2.05. The van der Waals surface area contributed by atoms with Crippen LogP contribution >= 0.6 is 11.8 Å². The van der Waals surface area contributed by atoms with Crippen LogP contribution in [0.5, 0.6) is 0 Å². The van der Waals surface area contributed by atoms with E-state index in [1.54, 1.807) is 11.8 Å². The van der Waals surface area contributed by atoms with E-state index in [-0.39, 0.29) is 6.10 Å². The van der Waals surface area contributed by atoms with E-state index >= 15 is 0 Å². The first kappa shape index (κ1) is 16.9. The molecule has 24 heavy (non-hydrogen) atoms. The molecule has 1 nitrogen and oxygen atoms in total. The van der Waals surface area contributed by atoms with E-state index in [2.05, 4.69) is 54.5 Å². The molecule has 0 heterocycles. The van der Waals surface area contributed by atoms with Gasteiger partial charge in [0.25, 0.3) is 0 Å². The molecule has 0 N–H and O–H groups in total. The van der Waals surface area contributed by atoms with Crippen molar-refractivity contribution in [2.24, 2.45) is 0 Å². The molecule has 0 unspecified atom stereocenters. The lowest BCUT2D eigenvalue weighted by Crippen LogP contribution is -2.25. The molecule has 3 rings (SSSR count). The van der Waals surface area contributed by atoms with Crippen LogP contribution in [-0.4, -0.2) is 6.10 Å². The quantitative estimate of drug-likeness (QED) is 0.336. The van der Waals surface area contributed by atoms with Crippen LogP contribution in [-0.2, 0) is 4.74 Å². The van der Waals surface area contributed by atoms with Crippen LogP contribution in [0, 0.1) is 0 Å². The van der Waals surface area contributed by atoms with Gasteiger partial charge >= 0.3 is 0 Å². The largest absolute Gasteiger partial charge is 0.490 e. The Hall–Kier alpha value is -1.93. The molecular formula is C22H24OS. The fourth-order valence-corrected chi connectivity index (χ4v) is 3.93. The molecule has 1 aliphatic carbocycles. The second-order valence-corrected chi connectivity index (χ2v) is 7.14. The molecule has 0 aliphatic heterocycles. The van der Waals surface area contributed by atoms with Crippen LogP contribution in [0.3, 0.4) is 0 Å². The van der Waals surface area contributed by atoms with Crippen LogP contribution in [0.1, 0.15) is 37.2 Å². The molecule has 1 aliphatic rings. The fraction of sp³-hybridized carbons (Fsp3) is 0.273. The Morgan fingerprint density at radius 3 is 2.38 bits per heavy atom. The highest BCUT2D eigenvalue weighted by atomic mass is 32.2. The van der Waals surface area contributed by atoms with Gasteiger partial charge in [-0.3, -0.25) is 0 Å². The second-order valence-electron chi connectivity index (χ2n) is 6.16. The molecule has 1 saturated carbocycles. The van der Waals surface area contributed by atoms with Crippen molar-refractivity contribution in [3.05, 3.63) is 90.0 Å². The van der Waals surface area contributed by atoms with Gasteiger partial charge in [0.15, 0.2) is 0 Å². The SMILES string of the molecule is C=C(/C=C\Sc1ccccc1)O[C@@H]1CCCC[C@H]1c1ccccc1. The van der Waals surface area contributed by atoms with E-state index < -0.39 is 0 Å². The Morgan fingerprint density at radius 1 is 0.958 bits per heavy atom. The Bertz CT molecular complexity index is 663. The standard InChI is InChI=1S/C22H24OS/c1-18(16-17-24-20-12-6-3-7-13-20)23-22-15-9-8-14-21(22)19-10-4-2-5-11-19/h2-7,10-13,16-17,21-22H,1,8-9,14-15H2/b17-16-/t21-,22+/m0/s1. The topological polar surface area (TPSA) is 9.23 Å². The Balaban J connectivity index is 1.57. The van der Waals surface area contributed by atoms with Gasteiger partial charge < -0.3 is 4.74 Å². The minimum Gasteiger partial charge on any atom is -0.490 e. The molecule has 0 amide bonds.